The van der Waals surface area contributed by atoms with Gasteiger partial charge in [-0.2, -0.15) is 5.10 Å². The minimum atomic E-state index is 0.0749. The second-order valence-electron chi connectivity index (χ2n) is 7.85. The molecule has 0 unspecified atom stereocenters. The average Bonchev–Trinajstić information content (AvgIpc) is 2.84. The lowest BCUT2D eigenvalue weighted by Crippen LogP contribution is -2.65. The van der Waals surface area contributed by atoms with E-state index in [0.29, 0.717) is 12.0 Å². The summed E-state index contributed by atoms with van der Waals surface area (Å²) in [7, 11) is 1.89. The lowest BCUT2D eigenvalue weighted by Gasteiger charge is -2.51. The number of rotatable bonds is 3. The Morgan fingerprint density at radius 3 is 3.00 bits per heavy atom. The van der Waals surface area contributed by atoms with Crippen molar-refractivity contribution in [1.82, 2.24) is 20.0 Å². The molecule has 1 N–H and O–H groups in total. The predicted octanol–water partition coefficient (Wildman–Crippen LogP) is 2.37. The molecule has 2 atom stereocenters. The average molecular weight is 318 g/mol. The molecule has 0 radical (unpaired) electrons. The van der Waals surface area contributed by atoms with E-state index >= 15 is 0 Å². The number of nitrogens with zero attached hydrogens (tertiary/aromatic N) is 3. The van der Waals surface area contributed by atoms with Crippen LogP contribution in [0.4, 0.5) is 0 Å². The SMILES string of the molecule is CC(C)Cc1cc(C(=O)N2CCC[C@]3(C)NCCC[C@@H]23)n(C)n1. The Morgan fingerprint density at radius 1 is 1.48 bits per heavy atom. The number of piperidine rings is 2. The fraction of sp³-hybridized carbons (Fsp3) is 0.778. The van der Waals surface area contributed by atoms with E-state index in [-0.39, 0.29) is 11.4 Å². The van der Waals surface area contributed by atoms with Gasteiger partial charge in [-0.1, -0.05) is 13.8 Å². The Bertz CT molecular complexity index is 576. The molecule has 3 rings (SSSR count). The van der Waals surface area contributed by atoms with Crippen molar-refractivity contribution >= 4 is 5.91 Å². The van der Waals surface area contributed by atoms with E-state index < -0.39 is 0 Å². The molecule has 5 nitrogen and oxygen atoms in total. The summed E-state index contributed by atoms with van der Waals surface area (Å²) >= 11 is 0. The lowest BCUT2D eigenvalue weighted by molar-refractivity contribution is 0.0245. The first-order valence-corrected chi connectivity index (χ1v) is 8.99. The molecule has 1 aromatic heterocycles. The summed E-state index contributed by atoms with van der Waals surface area (Å²) in [5.41, 5.74) is 1.83. The highest BCUT2D eigenvalue weighted by molar-refractivity contribution is 5.93. The molecule has 0 spiro atoms. The van der Waals surface area contributed by atoms with Crippen molar-refractivity contribution in [3.05, 3.63) is 17.5 Å². The first-order chi connectivity index (χ1) is 10.9. The number of aromatic nitrogens is 2. The van der Waals surface area contributed by atoms with E-state index in [9.17, 15) is 4.79 Å². The number of carbonyl (C=O) groups excluding carboxylic acids is 1. The van der Waals surface area contributed by atoms with Crippen LogP contribution in [0.25, 0.3) is 0 Å². The van der Waals surface area contributed by atoms with Gasteiger partial charge in [0.05, 0.1) is 5.69 Å². The smallest absolute Gasteiger partial charge is 0.272 e. The molecule has 0 aliphatic carbocycles. The molecule has 2 aliphatic rings. The number of aryl methyl sites for hydroxylation is 1. The summed E-state index contributed by atoms with van der Waals surface area (Å²) in [6.45, 7) is 8.58. The Kier molecular flexibility index (Phi) is 4.50. The van der Waals surface area contributed by atoms with E-state index in [4.69, 9.17) is 0 Å². The quantitative estimate of drug-likeness (QED) is 0.931. The second-order valence-corrected chi connectivity index (χ2v) is 7.85. The van der Waals surface area contributed by atoms with Crippen LogP contribution in [0.2, 0.25) is 0 Å². The van der Waals surface area contributed by atoms with Gasteiger partial charge in [0, 0.05) is 25.2 Å². The molecular formula is C18H30N4O. The van der Waals surface area contributed by atoms with Gasteiger partial charge in [-0.05, 0) is 57.6 Å². The van der Waals surface area contributed by atoms with Crippen molar-refractivity contribution in [3.8, 4) is 0 Å². The molecule has 0 bridgehead atoms. The highest BCUT2D eigenvalue weighted by atomic mass is 16.2. The van der Waals surface area contributed by atoms with Gasteiger partial charge >= 0.3 is 0 Å². The summed E-state index contributed by atoms with van der Waals surface area (Å²) in [6, 6.07) is 2.30. The summed E-state index contributed by atoms with van der Waals surface area (Å²) in [4.78, 5) is 15.3. The van der Waals surface area contributed by atoms with Gasteiger partial charge in [-0.15, -0.1) is 0 Å². The van der Waals surface area contributed by atoms with E-state index in [2.05, 4.69) is 36.1 Å². The van der Waals surface area contributed by atoms with Crippen molar-refractivity contribution in [3.63, 3.8) is 0 Å². The van der Waals surface area contributed by atoms with Gasteiger partial charge in [0.25, 0.3) is 5.91 Å². The maximum atomic E-state index is 13.2. The van der Waals surface area contributed by atoms with Crippen LogP contribution in [0.3, 0.4) is 0 Å². The van der Waals surface area contributed by atoms with Crippen LogP contribution >= 0.6 is 0 Å². The zero-order chi connectivity index (χ0) is 16.6. The number of carbonyl (C=O) groups is 1. The topological polar surface area (TPSA) is 50.2 Å². The molecule has 5 heteroatoms. The zero-order valence-corrected chi connectivity index (χ0v) is 14.9. The van der Waals surface area contributed by atoms with Gasteiger partial charge < -0.3 is 10.2 Å². The van der Waals surface area contributed by atoms with E-state index in [1.165, 1.54) is 0 Å². The Hall–Kier alpha value is -1.36. The number of hydrogen-bond donors (Lipinski definition) is 1. The van der Waals surface area contributed by atoms with Crippen LogP contribution in [-0.4, -0.2) is 45.3 Å². The van der Waals surface area contributed by atoms with Crippen molar-refractivity contribution in [2.45, 2.75) is 64.5 Å². The zero-order valence-electron chi connectivity index (χ0n) is 14.9. The van der Waals surface area contributed by atoms with Gasteiger partial charge in [-0.25, -0.2) is 0 Å². The Balaban J connectivity index is 1.83. The van der Waals surface area contributed by atoms with Crippen molar-refractivity contribution in [2.24, 2.45) is 13.0 Å². The van der Waals surface area contributed by atoms with Gasteiger partial charge in [0.2, 0.25) is 0 Å². The predicted molar refractivity (Wildman–Crippen MR) is 91.5 cm³/mol. The molecule has 1 aromatic rings. The molecule has 128 valence electrons. The molecular weight excluding hydrogens is 288 g/mol. The number of amides is 1. The largest absolute Gasteiger partial charge is 0.332 e. The van der Waals surface area contributed by atoms with Crippen molar-refractivity contribution in [1.29, 1.82) is 0 Å². The van der Waals surface area contributed by atoms with Gasteiger partial charge in [-0.3, -0.25) is 9.48 Å². The standard InChI is InChI=1S/C18H30N4O/c1-13(2)11-14-12-15(21(4)20-14)17(23)22-10-6-8-18(3)16(22)7-5-9-19-18/h12-13,16,19H,5-11H2,1-4H3/t16-,18+/m1/s1. The molecule has 1 amide bonds. The maximum absolute atomic E-state index is 13.2. The minimum absolute atomic E-state index is 0.0749. The Morgan fingerprint density at radius 2 is 2.26 bits per heavy atom. The molecule has 2 aliphatic heterocycles. The number of likely N-dealkylation sites (tertiary alicyclic amines) is 1. The van der Waals surface area contributed by atoms with Crippen LogP contribution in [0.5, 0.6) is 0 Å². The molecule has 23 heavy (non-hydrogen) atoms. The monoisotopic (exact) mass is 318 g/mol. The maximum Gasteiger partial charge on any atom is 0.272 e. The highest BCUT2D eigenvalue weighted by Crippen LogP contribution is 2.34. The molecule has 2 saturated heterocycles. The fourth-order valence-electron chi connectivity index (χ4n) is 4.27. The van der Waals surface area contributed by atoms with E-state index in [1.54, 1.807) is 4.68 Å². The summed E-state index contributed by atoms with van der Waals surface area (Å²) in [6.07, 6.45) is 5.40. The molecule has 3 heterocycles. The summed E-state index contributed by atoms with van der Waals surface area (Å²) in [5, 5.41) is 8.20. The second kappa shape index (κ2) is 6.27. The summed E-state index contributed by atoms with van der Waals surface area (Å²) < 4.78 is 1.77. The van der Waals surface area contributed by atoms with Gasteiger partial charge in [0.15, 0.2) is 0 Å². The van der Waals surface area contributed by atoms with Crippen molar-refractivity contribution < 1.29 is 4.79 Å². The number of nitrogens with one attached hydrogen (secondary N) is 1. The third-order valence-corrected chi connectivity index (χ3v) is 5.42. The first-order valence-electron chi connectivity index (χ1n) is 8.99. The molecule has 0 saturated carbocycles. The fourth-order valence-corrected chi connectivity index (χ4v) is 4.27. The third-order valence-electron chi connectivity index (χ3n) is 5.42. The van der Waals surface area contributed by atoms with Gasteiger partial charge in [0.1, 0.15) is 5.69 Å². The van der Waals surface area contributed by atoms with Crippen LogP contribution in [0, 0.1) is 5.92 Å². The minimum Gasteiger partial charge on any atom is -0.332 e. The molecule has 2 fully saturated rings. The lowest BCUT2D eigenvalue weighted by atomic mass is 9.77. The normalized spacial score (nSPS) is 28.0. The van der Waals surface area contributed by atoms with Crippen LogP contribution in [0.15, 0.2) is 6.07 Å². The van der Waals surface area contributed by atoms with Crippen LogP contribution in [0.1, 0.15) is 62.6 Å². The highest BCUT2D eigenvalue weighted by Gasteiger charge is 2.44. The van der Waals surface area contributed by atoms with Crippen LogP contribution in [-0.2, 0) is 13.5 Å². The van der Waals surface area contributed by atoms with E-state index in [0.717, 1.165) is 56.6 Å². The third kappa shape index (κ3) is 3.16. The Labute approximate surface area is 139 Å². The first kappa shape index (κ1) is 16.5. The van der Waals surface area contributed by atoms with E-state index in [1.807, 2.05) is 13.1 Å². The number of fused-ring (bicyclic) bond motifs is 1. The summed E-state index contributed by atoms with van der Waals surface area (Å²) in [5.74, 6) is 0.698. The van der Waals surface area contributed by atoms with Crippen LogP contribution < -0.4 is 5.32 Å². The van der Waals surface area contributed by atoms with Crippen molar-refractivity contribution in [2.75, 3.05) is 13.1 Å². The molecule has 0 aromatic carbocycles. The number of hydrogen-bond acceptors (Lipinski definition) is 3.